The van der Waals surface area contributed by atoms with Crippen LogP contribution in [0.5, 0.6) is 0 Å². The zero-order chi connectivity index (χ0) is 32.6. The van der Waals surface area contributed by atoms with Crippen molar-refractivity contribution in [3.05, 3.63) is 132 Å². The van der Waals surface area contributed by atoms with Crippen LogP contribution in [-0.4, -0.2) is 41.4 Å². The van der Waals surface area contributed by atoms with Crippen molar-refractivity contribution in [2.75, 3.05) is 6.61 Å². The van der Waals surface area contributed by atoms with Gasteiger partial charge in [0.2, 0.25) is 0 Å². The number of cyclic esters (lactones) is 1. The molecular formula is C40H46O4Si2. The van der Waals surface area contributed by atoms with E-state index in [4.69, 9.17) is 13.6 Å². The van der Waals surface area contributed by atoms with Crippen molar-refractivity contribution >= 4 is 43.4 Å². The predicted octanol–water partition coefficient (Wildman–Crippen LogP) is 6.52. The maximum absolute atomic E-state index is 13.8. The van der Waals surface area contributed by atoms with Crippen molar-refractivity contribution < 1.29 is 18.4 Å². The van der Waals surface area contributed by atoms with E-state index in [0.29, 0.717) is 25.0 Å². The molecule has 2 atom stereocenters. The van der Waals surface area contributed by atoms with Gasteiger partial charge >= 0.3 is 5.97 Å². The number of carbonyl (C=O) groups is 1. The van der Waals surface area contributed by atoms with E-state index < -0.39 is 22.7 Å². The average Bonchev–Trinajstić information content (AvgIpc) is 3.40. The first-order chi connectivity index (χ1) is 22.0. The van der Waals surface area contributed by atoms with Gasteiger partial charge in [-0.25, -0.2) is 4.79 Å². The maximum atomic E-state index is 13.8. The Kier molecular flexibility index (Phi) is 8.85. The van der Waals surface area contributed by atoms with Gasteiger partial charge in [0.25, 0.3) is 16.6 Å². The van der Waals surface area contributed by atoms with Crippen LogP contribution in [0.15, 0.2) is 132 Å². The lowest BCUT2D eigenvalue weighted by Crippen LogP contribution is -2.68. The van der Waals surface area contributed by atoms with E-state index in [0.717, 1.165) is 5.57 Å². The molecule has 0 spiro atoms. The third-order valence-electron chi connectivity index (χ3n) is 9.78. The van der Waals surface area contributed by atoms with Gasteiger partial charge in [-0.2, -0.15) is 0 Å². The first-order valence-electron chi connectivity index (χ1n) is 16.5. The zero-order valence-corrected chi connectivity index (χ0v) is 30.0. The van der Waals surface area contributed by atoms with Crippen LogP contribution in [0.1, 0.15) is 54.4 Å². The molecule has 0 aromatic heterocycles. The van der Waals surface area contributed by atoms with Gasteiger partial charge in [-0.3, -0.25) is 0 Å². The fraction of sp³-hybridized carbons (Fsp3) is 0.325. The summed E-state index contributed by atoms with van der Waals surface area (Å²) in [6, 6.07) is 42.8. The summed E-state index contributed by atoms with van der Waals surface area (Å²) in [6.45, 7) is 14.1. The van der Waals surface area contributed by atoms with Gasteiger partial charge in [0.1, 0.15) is 0 Å². The third-order valence-corrected chi connectivity index (χ3v) is 19.9. The second kappa shape index (κ2) is 12.6. The van der Waals surface area contributed by atoms with E-state index in [-0.39, 0.29) is 22.1 Å². The largest absolute Gasteiger partial charge is 0.462 e. The first kappa shape index (κ1) is 32.4. The monoisotopic (exact) mass is 646 g/mol. The van der Waals surface area contributed by atoms with E-state index in [2.05, 4.69) is 163 Å². The van der Waals surface area contributed by atoms with Gasteiger partial charge < -0.3 is 13.6 Å². The number of esters is 1. The van der Waals surface area contributed by atoms with Crippen LogP contribution in [-0.2, 0) is 18.4 Å². The van der Waals surface area contributed by atoms with Crippen LogP contribution in [0.3, 0.4) is 0 Å². The molecule has 0 unspecified atom stereocenters. The Morgan fingerprint density at radius 1 is 0.565 bits per heavy atom. The molecule has 0 amide bonds. The third kappa shape index (κ3) is 5.55. The lowest BCUT2D eigenvalue weighted by Gasteiger charge is -2.46. The van der Waals surface area contributed by atoms with Gasteiger partial charge in [0.05, 0.1) is 24.4 Å². The molecule has 2 aliphatic rings. The summed E-state index contributed by atoms with van der Waals surface area (Å²) < 4.78 is 21.1. The Bertz CT molecular complexity index is 1590. The Morgan fingerprint density at radius 2 is 0.913 bits per heavy atom. The molecule has 6 rings (SSSR count). The van der Waals surface area contributed by atoms with Gasteiger partial charge in [-0.15, -0.1) is 0 Å². The molecule has 0 radical (unpaired) electrons. The standard InChI is InChI=1S/C40H46O4Si2/c1-39(2,3)45(30-19-11-7-12-20-30,31-21-13-8-14-22-31)43-35-29-36(37-34(35)27-28-42-38(37)41)44-46(40(4,5)6,32-23-15-9-16-24-32)33-25-17-10-18-26-33/h7-26,35-36H,27-29H2,1-6H3/t35-,36+/m0/s1. The smallest absolute Gasteiger partial charge is 0.336 e. The molecule has 6 heteroatoms. The van der Waals surface area contributed by atoms with Crippen LogP contribution in [0.4, 0.5) is 0 Å². The Morgan fingerprint density at radius 3 is 1.26 bits per heavy atom. The zero-order valence-electron chi connectivity index (χ0n) is 28.0. The molecule has 0 saturated heterocycles. The topological polar surface area (TPSA) is 44.8 Å². The Balaban J connectivity index is 1.50. The second-order valence-electron chi connectivity index (χ2n) is 14.6. The van der Waals surface area contributed by atoms with Gasteiger partial charge in [-0.05, 0) is 36.4 Å². The van der Waals surface area contributed by atoms with Crippen molar-refractivity contribution in [2.45, 2.75) is 76.7 Å². The summed E-state index contributed by atoms with van der Waals surface area (Å²) in [7, 11) is -5.86. The maximum Gasteiger partial charge on any atom is 0.336 e. The lowest BCUT2D eigenvalue weighted by atomic mass is 10.0. The molecule has 0 bridgehead atoms. The number of ether oxygens (including phenoxy) is 1. The van der Waals surface area contributed by atoms with Crippen molar-refractivity contribution in [2.24, 2.45) is 0 Å². The van der Waals surface area contributed by atoms with Crippen LogP contribution >= 0.6 is 0 Å². The fourth-order valence-electron chi connectivity index (χ4n) is 7.76. The van der Waals surface area contributed by atoms with Crippen LogP contribution in [0.2, 0.25) is 10.1 Å². The van der Waals surface area contributed by atoms with Crippen molar-refractivity contribution in [3.8, 4) is 0 Å². The SMILES string of the molecule is CC(C)(C)[Si](O[C@H]1C[C@@H](O[Si](c2ccccc2)(c2ccccc2)C(C)(C)C)C2=C1CCOC2=O)(c1ccccc1)c1ccccc1. The van der Waals surface area contributed by atoms with Crippen LogP contribution < -0.4 is 20.7 Å². The Hall–Kier alpha value is -3.56. The minimum absolute atomic E-state index is 0.192. The highest BCUT2D eigenvalue weighted by molar-refractivity contribution is 7.00. The highest BCUT2D eigenvalue weighted by Crippen LogP contribution is 2.46. The van der Waals surface area contributed by atoms with E-state index in [1.165, 1.54) is 20.7 Å². The normalized spacial score (nSPS) is 19.1. The van der Waals surface area contributed by atoms with E-state index in [1.54, 1.807) is 0 Å². The van der Waals surface area contributed by atoms with Gasteiger partial charge in [0, 0.05) is 12.8 Å². The molecule has 46 heavy (non-hydrogen) atoms. The highest BCUT2D eigenvalue weighted by Gasteiger charge is 2.57. The molecule has 1 aliphatic carbocycles. The molecule has 0 N–H and O–H groups in total. The number of benzene rings is 4. The summed E-state index contributed by atoms with van der Waals surface area (Å²) >= 11 is 0. The quantitative estimate of drug-likeness (QED) is 0.162. The second-order valence-corrected chi connectivity index (χ2v) is 23.1. The van der Waals surface area contributed by atoms with E-state index >= 15 is 0 Å². The minimum atomic E-state index is -2.96. The van der Waals surface area contributed by atoms with Crippen molar-refractivity contribution in [1.82, 2.24) is 0 Å². The molecule has 4 aromatic carbocycles. The number of carbonyl (C=O) groups excluding carboxylic acids is 1. The van der Waals surface area contributed by atoms with Crippen LogP contribution in [0.25, 0.3) is 0 Å². The van der Waals surface area contributed by atoms with Gasteiger partial charge in [-0.1, -0.05) is 163 Å². The lowest BCUT2D eigenvalue weighted by molar-refractivity contribution is -0.140. The number of hydrogen-bond acceptors (Lipinski definition) is 4. The van der Waals surface area contributed by atoms with Gasteiger partial charge in [0.15, 0.2) is 0 Å². The van der Waals surface area contributed by atoms with E-state index in [1.807, 2.05) is 0 Å². The van der Waals surface area contributed by atoms with Crippen molar-refractivity contribution in [1.29, 1.82) is 0 Å². The minimum Gasteiger partial charge on any atom is -0.462 e. The molecule has 0 saturated carbocycles. The molecule has 0 fully saturated rings. The summed E-state index contributed by atoms with van der Waals surface area (Å²) in [6.07, 6.45) is 0.522. The molecule has 1 heterocycles. The predicted molar refractivity (Wildman–Crippen MR) is 192 cm³/mol. The number of hydrogen-bond donors (Lipinski definition) is 0. The summed E-state index contributed by atoms with van der Waals surface area (Å²) in [5.41, 5.74) is 1.72. The summed E-state index contributed by atoms with van der Waals surface area (Å²) in [5.74, 6) is -0.266. The molecule has 4 nitrogen and oxygen atoms in total. The Labute approximate surface area is 276 Å². The highest BCUT2D eigenvalue weighted by atomic mass is 28.4. The van der Waals surface area contributed by atoms with E-state index in [9.17, 15) is 4.79 Å². The summed E-state index contributed by atoms with van der Waals surface area (Å²) in [5, 5.41) is 4.41. The average molecular weight is 647 g/mol. The molecule has 1 aliphatic heterocycles. The molecule has 4 aromatic rings. The van der Waals surface area contributed by atoms with Crippen LogP contribution in [0, 0.1) is 0 Å². The molecule has 238 valence electrons. The number of rotatable bonds is 8. The first-order valence-corrected chi connectivity index (χ1v) is 20.3. The molecular weight excluding hydrogens is 601 g/mol. The summed E-state index contributed by atoms with van der Waals surface area (Å²) in [4.78, 5) is 13.8. The fourth-order valence-corrected chi connectivity index (χ4v) is 17.1. The van der Waals surface area contributed by atoms with Crippen molar-refractivity contribution in [3.63, 3.8) is 0 Å².